The first-order valence-electron chi connectivity index (χ1n) is 10.9. The van der Waals surface area contributed by atoms with Gasteiger partial charge in [0.15, 0.2) is 17.4 Å². The third kappa shape index (κ3) is 3.96. The zero-order valence-electron chi connectivity index (χ0n) is 19.3. The first-order chi connectivity index (χ1) is 17.4. The van der Waals surface area contributed by atoms with Crippen LogP contribution in [0.3, 0.4) is 0 Å². The topological polar surface area (TPSA) is 111 Å². The molecule has 0 fully saturated rings. The number of nitrogens with zero attached hydrogens (tertiary/aromatic N) is 3. The number of benzene rings is 3. The van der Waals surface area contributed by atoms with Crippen molar-refractivity contribution < 1.29 is 28.7 Å². The molecule has 0 radical (unpaired) electrons. The molecule has 0 saturated carbocycles. The third-order valence-electron chi connectivity index (χ3n) is 5.72. The maximum absolute atomic E-state index is 13.7. The number of halogens is 1. The molecule has 0 bridgehead atoms. The van der Waals surface area contributed by atoms with Crippen molar-refractivity contribution in [2.75, 3.05) is 7.11 Å². The maximum Gasteiger partial charge on any atom is 0.257 e. The van der Waals surface area contributed by atoms with Gasteiger partial charge in [0.2, 0.25) is 5.88 Å². The number of aromatic nitrogens is 3. The molecule has 8 nitrogen and oxygen atoms in total. The van der Waals surface area contributed by atoms with Crippen LogP contribution in [0.2, 0.25) is 0 Å². The van der Waals surface area contributed by atoms with Crippen molar-refractivity contribution in [1.29, 1.82) is 0 Å². The van der Waals surface area contributed by atoms with Crippen LogP contribution in [0.5, 0.6) is 17.4 Å². The van der Waals surface area contributed by atoms with E-state index in [-0.39, 0.29) is 16.8 Å². The average molecular weight is 485 g/mol. The summed E-state index contributed by atoms with van der Waals surface area (Å²) in [6, 6.07) is 18.5. The number of carbonyl (C=O) groups excluding carboxylic acids is 1. The van der Waals surface area contributed by atoms with Crippen molar-refractivity contribution in [1.82, 2.24) is 14.7 Å². The summed E-state index contributed by atoms with van der Waals surface area (Å²) in [7, 11) is 1.51. The SMILES string of the molecule is COc1ccc(C(=O)c2c(O)c(O)n(-c3ccc(-c4nc(C)no4)cc3)c2-c2ccc(F)cc2)cc1. The number of hydrogen-bond donors (Lipinski definition) is 2. The lowest BCUT2D eigenvalue weighted by atomic mass is 9.99. The Labute approximate surface area is 204 Å². The molecule has 5 aromatic rings. The molecule has 2 aromatic heterocycles. The lowest BCUT2D eigenvalue weighted by molar-refractivity contribution is 0.103. The summed E-state index contributed by atoms with van der Waals surface area (Å²) >= 11 is 0. The minimum atomic E-state index is -0.591. The maximum atomic E-state index is 13.7. The van der Waals surface area contributed by atoms with Gasteiger partial charge < -0.3 is 19.5 Å². The smallest absolute Gasteiger partial charge is 0.257 e. The van der Waals surface area contributed by atoms with Crippen molar-refractivity contribution >= 4 is 5.78 Å². The standard InChI is InChI=1S/C27H20FN3O5/c1-15-29-26(36-30-15)18-5-11-20(12-6-18)31-23(16-3-9-19(28)10-4-16)22(25(33)27(31)34)24(32)17-7-13-21(35-2)14-8-17/h3-14,33-34H,1-2H3. The summed E-state index contributed by atoms with van der Waals surface area (Å²) in [4.78, 5) is 17.7. The molecule has 0 aliphatic rings. The first kappa shape index (κ1) is 22.9. The number of aromatic hydroxyl groups is 2. The van der Waals surface area contributed by atoms with Crippen LogP contribution in [0, 0.1) is 12.7 Å². The Morgan fingerprint density at radius 3 is 2.17 bits per heavy atom. The Morgan fingerprint density at radius 2 is 1.58 bits per heavy atom. The fourth-order valence-corrected chi connectivity index (χ4v) is 3.95. The van der Waals surface area contributed by atoms with Gasteiger partial charge in [-0.1, -0.05) is 5.16 Å². The quantitative estimate of drug-likeness (QED) is 0.314. The summed E-state index contributed by atoms with van der Waals surface area (Å²) in [6.07, 6.45) is 0. The highest BCUT2D eigenvalue weighted by Crippen LogP contribution is 2.44. The largest absolute Gasteiger partial charge is 0.503 e. The molecule has 0 unspecified atom stereocenters. The van der Waals surface area contributed by atoms with Crippen LogP contribution >= 0.6 is 0 Å². The minimum absolute atomic E-state index is 0.124. The van der Waals surface area contributed by atoms with E-state index in [0.29, 0.717) is 34.3 Å². The molecule has 36 heavy (non-hydrogen) atoms. The number of carbonyl (C=O) groups is 1. The van der Waals surface area contributed by atoms with Gasteiger partial charge in [-0.05, 0) is 85.3 Å². The van der Waals surface area contributed by atoms with Crippen LogP contribution in [0.15, 0.2) is 77.3 Å². The lowest BCUT2D eigenvalue weighted by Gasteiger charge is -2.12. The lowest BCUT2D eigenvalue weighted by Crippen LogP contribution is -2.05. The predicted molar refractivity (Wildman–Crippen MR) is 129 cm³/mol. The number of ketones is 1. The molecule has 2 N–H and O–H groups in total. The Bertz CT molecular complexity index is 1550. The summed E-state index contributed by atoms with van der Waals surface area (Å²) in [5.41, 5.74) is 1.85. The Balaban J connectivity index is 1.68. The average Bonchev–Trinajstić information content (AvgIpc) is 3.45. The molecule has 0 amide bonds. The Morgan fingerprint density at radius 1 is 0.944 bits per heavy atom. The first-order valence-corrected chi connectivity index (χ1v) is 10.9. The molecule has 3 aromatic carbocycles. The molecule has 180 valence electrons. The Hall–Kier alpha value is -4.92. The molecule has 0 saturated heterocycles. The van der Waals surface area contributed by atoms with Gasteiger partial charge in [-0.25, -0.2) is 4.39 Å². The van der Waals surface area contributed by atoms with Crippen LogP contribution in [-0.4, -0.2) is 37.8 Å². The number of hydrogen-bond acceptors (Lipinski definition) is 7. The molecule has 0 spiro atoms. The number of ether oxygens (including phenoxy) is 1. The second-order valence-corrected chi connectivity index (χ2v) is 7.99. The van der Waals surface area contributed by atoms with Crippen LogP contribution in [-0.2, 0) is 0 Å². The minimum Gasteiger partial charge on any atom is -0.503 e. The van der Waals surface area contributed by atoms with E-state index in [0.717, 1.165) is 0 Å². The van der Waals surface area contributed by atoms with Crippen LogP contribution in [0.1, 0.15) is 21.7 Å². The molecular formula is C27H20FN3O5. The zero-order valence-corrected chi connectivity index (χ0v) is 19.3. The van der Waals surface area contributed by atoms with Gasteiger partial charge in [-0.15, -0.1) is 0 Å². The molecule has 5 rings (SSSR count). The second-order valence-electron chi connectivity index (χ2n) is 7.99. The van der Waals surface area contributed by atoms with Crippen molar-refractivity contribution in [2.45, 2.75) is 6.92 Å². The van der Waals surface area contributed by atoms with Gasteiger partial charge >= 0.3 is 0 Å². The summed E-state index contributed by atoms with van der Waals surface area (Å²) < 4.78 is 25.4. The van der Waals surface area contributed by atoms with E-state index in [2.05, 4.69) is 10.1 Å². The van der Waals surface area contributed by atoms with E-state index in [1.165, 1.54) is 35.9 Å². The van der Waals surface area contributed by atoms with E-state index in [9.17, 15) is 19.4 Å². The third-order valence-corrected chi connectivity index (χ3v) is 5.72. The van der Waals surface area contributed by atoms with Crippen LogP contribution in [0.25, 0.3) is 28.4 Å². The van der Waals surface area contributed by atoms with Crippen LogP contribution < -0.4 is 4.74 Å². The van der Waals surface area contributed by atoms with E-state index in [1.54, 1.807) is 55.5 Å². The summed E-state index contributed by atoms with van der Waals surface area (Å²) in [5, 5.41) is 25.7. The molecule has 2 heterocycles. The van der Waals surface area contributed by atoms with E-state index < -0.39 is 23.2 Å². The van der Waals surface area contributed by atoms with Gasteiger partial charge in [0.25, 0.3) is 5.89 Å². The van der Waals surface area contributed by atoms with E-state index in [4.69, 9.17) is 9.26 Å². The Kier molecular flexibility index (Phi) is 5.73. The van der Waals surface area contributed by atoms with Gasteiger partial charge in [-0.3, -0.25) is 9.36 Å². The fraction of sp³-hybridized carbons (Fsp3) is 0.0741. The van der Waals surface area contributed by atoms with Crippen molar-refractivity contribution in [3.05, 3.63) is 95.6 Å². The summed E-state index contributed by atoms with van der Waals surface area (Å²) in [6.45, 7) is 1.71. The van der Waals surface area contributed by atoms with Gasteiger partial charge in [0, 0.05) is 16.8 Å². The number of rotatable bonds is 6. The second kappa shape index (κ2) is 9.03. The highest BCUT2D eigenvalue weighted by atomic mass is 19.1. The fourth-order valence-electron chi connectivity index (χ4n) is 3.95. The highest BCUT2D eigenvalue weighted by molar-refractivity contribution is 6.15. The van der Waals surface area contributed by atoms with E-state index in [1.807, 2.05) is 0 Å². The number of aryl methyl sites for hydroxylation is 1. The normalized spacial score (nSPS) is 11.0. The van der Waals surface area contributed by atoms with Gasteiger partial charge in [-0.2, -0.15) is 4.98 Å². The summed E-state index contributed by atoms with van der Waals surface area (Å²) in [5.74, 6) is -0.741. The van der Waals surface area contributed by atoms with Gasteiger partial charge in [0.1, 0.15) is 11.6 Å². The molecule has 0 atom stereocenters. The van der Waals surface area contributed by atoms with Crippen molar-refractivity contribution in [3.8, 4) is 45.8 Å². The van der Waals surface area contributed by atoms with Crippen LogP contribution in [0.4, 0.5) is 4.39 Å². The highest BCUT2D eigenvalue weighted by Gasteiger charge is 2.30. The molecule has 0 aliphatic heterocycles. The molecular weight excluding hydrogens is 465 g/mol. The molecule has 9 heteroatoms. The zero-order chi connectivity index (χ0) is 25.4. The van der Waals surface area contributed by atoms with Crippen molar-refractivity contribution in [3.63, 3.8) is 0 Å². The molecule has 0 aliphatic carbocycles. The van der Waals surface area contributed by atoms with E-state index >= 15 is 0 Å². The number of methoxy groups -OCH3 is 1. The monoisotopic (exact) mass is 485 g/mol. The predicted octanol–water partition coefficient (Wildman–Crippen LogP) is 5.29. The van der Waals surface area contributed by atoms with Crippen molar-refractivity contribution in [2.24, 2.45) is 0 Å². The van der Waals surface area contributed by atoms with Gasteiger partial charge in [0.05, 0.1) is 18.4 Å².